The van der Waals surface area contributed by atoms with Crippen LogP contribution in [0.15, 0.2) is 24.1 Å². The number of fused-ring (bicyclic) bond motifs is 1. The van der Waals surface area contributed by atoms with E-state index in [9.17, 15) is 4.79 Å². The van der Waals surface area contributed by atoms with Gasteiger partial charge < -0.3 is 4.74 Å². The summed E-state index contributed by atoms with van der Waals surface area (Å²) in [5.74, 6) is 0.455. The molecule has 24 heavy (non-hydrogen) atoms. The van der Waals surface area contributed by atoms with Gasteiger partial charge in [0.2, 0.25) is 0 Å². The van der Waals surface area contributed by atoms with E-state index in [0.29, 0.717) is 16.4 Å². The number of pyridine rings is 1. The smallest absolute Gasteiger partial charge is 0.415 e. The highest BCUT2D eigenvalue weighted by molar-refractivity contribution is 7.98. The second kappa shape index (κ2) is 6.76. The van der Waals surface area contributed by atoms with Crippen LogP contribution in [0.3, 0.4) is 0 Å². The normalized spacial score (nSPS) is 11.4. The largest absolute Gasteiger partial charge is 0.443 e. The Bertz CT molecular complexity index is 799. The molecule has 0 N–H and O–H groups in total. The molecule has 0 saturated heterocycles. The lowest BCUT2D eigenvalue weighted by Gasteiger charge is -2.25. The van der Waals surface area contributed by atoms with Crippen LogP contribution in [0, 0.1) is 0 Å². The molecule has 6 nitrogen and oxygen atoms in total. The fourth-order valence-corrected chi connectivity index (χ4v) is 2.43. The van der Waals surface area contributed by atoms with Crippen molar-refractivity contribution in [3.8, 4) is 0 Å². The molecule has 7 heteroatoms. The number of aromatic nitrogens is 3. The van der Waals surface area contributed by atoms with Gasteiger partial charge in [-0.3, -0.25) is 4.90 Å². The molecule has 2 heterocycles. The van der Waals surface area contributed by atoms with E-state index in [1.165, 1.54) is 16.7 Å². The molecule has 0 aromatic carbocycles. The van der Waals surface area contributed by atoms with Crippen molar-refractivity contribution in [2.45, 2.75) is 38.5 Å². The SMILES string of the molecule is C=C(C)c1cnc(N(C)C(=O)OC(C)(C)C)c2cnc(SC)nc12. The molecular formula is C17H22N4O2S. The molecule has 0 spiro atoms. The molecule has 0 fully saturated rings. The Morgan fingerprint density at radius 2 is 1.96 bits per heavy atom. The number of rotatable bonds is 3. The zero-order valence-corrected chi connectivity index (χ0v) is 15.7. The van der Waals surface area contributed by atoms with Crippen LogP contribution in [0.2, 0.25) is 0 Å². The van der Waals surface area contributed by atoms with E-state index in [-0.39, 0.29) is 0 Å². The molecule has 2 rings (SSSR count). The summed E-state index contributed by atoms with van der Waals surface area (Å²) in [6.45, 7) is 11.3. The third-order valence-electron chi connectivity index (χ3n) is 3.21. The van der Waals surface area contributed by atoms with Crippen molar-refractivity contribution in [1.82, 2.24) is 15.0 Å². The van der Waals surface area contributed by atoms with Gasteiger partial charge in [-0.25, -0.2) is 19.7 Å². The molecule has 0 bridgehead atoms. The van der Waals surface area contributed by atoms with Crippen molar-refractivity contribution in [3.63, 3.8) is 0 Å². The summed E-state index contributed by atoms with van der Waals surface area (Å²) >= 11 is 1.45. The second-order valence-electron chi connectivity index (χ2n) is 6.43. The molecule has 0 unspecified atom stereocenters. The number of hydrogen-bond acceptors (Lipinski definition) is 6. The van der Waals surface area contributed by atoms with Gasteiger partial charge in [-0.2, -0.15) is 0 Å². The highest BCUT2D eigenvalue weighted by atomic mass is 32.2. The molecule has 0 atom stereocenters. The molecule has 1 amide bonds. The second-order valence-corrected chi connectivity index (χ2v) is 7.21. The first kappa shape index (κ1) is 18.2. The number of anilines is 1. The number of thioether (sulfide) groups is 1. The molecule has 2 aromatic heterocycles. The summed E-state index contributed by atoms with van der Waals surface area (Å²) in [6, 6.07) is 0. The van der Waals surface area contributed by atoms with Crippen molar-refractivity contribution in [1.29, 1.82) is 0 Å². The van der Waals surface area contributed by atoms with E-state index in [1.807, 2.05) is 34.0 Å². The lowest BCUT2D eigenvalue weighted by molar-refractivity contribution is 0.0588. The van der Waals surface area contributed by atoms with Crippen LogP contribution in [0.5, 0.6) is 0 Å². The van der Waals surface area contributed by atoms with E-state index in [4.69, 9.17) is 4.74 Å². The zero-order chi connectivity index (χ0) is 18.1. The number of ether oxygens (including phenoxy) is 1. The van der Waals surface area contributed by atoms with Gasteiger partial charge in [0, 0.05) is 25.0 Å². The molecule has 0 saturated carbocycles. The summed E-state index contributed by atoms with van der Waals surface area (Å²) in [4.78, 5) is 27.0. The first-order valence-corrected chi connectivity index (χ1v) is 8.69. The van der Waals surface area contributed by atoms with E-state index in [1.54, 1.807) is 19.4 Å². The van der Waals surface area contributed by atoms with Crippen LogP contribution < -0.4 is 4.90 Å². The Labute approximate surface area is 146 Å². The molecule has 0 aliphatic heterocycles. The average molecular weight is 346 g/mol. The standard InChI is InChI=1S/C17H22N4O2S/c1-10(2)11-8-18-14(21(6)16(22)23-17(3,4)5)12-9-19-15(24-7)20-13(11)12/h8-9H,1H2,2-7H3. The third kappa shape index (κ3) is 3.84. The van der Waals surface area contributed by atoms with Crippen molar-refractivity contribution < 1.29 is 9.53 Å². The lowest BCUT2D eigenvalue weighted by atomic mass is 10.1. The van der Waals surface area contributed by atoms with Crippen LogP contribution in [0.4, 0.5) is 10.6 Å². The van der Waals surface area contributed by atoms with Gasteiger partial charge in [0.25, 0.3) is 0 Å². The van der Waals surface area contributed by atoms with E-state index >= 15 is 0 Å². The van der Waals surface area contributed by atoms with Crippen LogP contribution in [0.25, 0.3) is 16.5 Å². The summed E-state index contributed by atoms with van der Waals surface area (Å²) in [5, 5.41) is 1.34. The number of nitrogens with zero attached hydrogens (tertiary/aromatic N) is 4. The fourth-order valence-electron chi connectivity index (χ4n) is 2.09. The fraction of sp³-hybridized carbons (Fsp3) is 0.412. The summed E-state index contributed by atoms with van der Waals surface area (Å²) in [7, 11) is 1.62. The van der Waals surface area contributed by atoms with Gasteiger partial charge in [0.05, 0.1) is 10.9 Å². The maximum atomic E-state index is 12.3. The lowest BCUT2D eigenvalue weighted by Crippen LogP contribution is -2.34. The van der Waals surface area contributed by atoms with E-state index < -0.39 is 11.7 Å². The van der Waals surface area contributed by atoms with Crippen LogP contribution >= 0.6 is 11.8 Å². The Morgan fingerprint density at radius 3 is 2.50 bits per heavy atom. The molecular weight excluding hydrogens is 324 g/mol. The maximum absolute atomic E-state index is 12.3. The predicted molar refractivity (Wildman–Crippen MR) is 98.5 cm³/mol. The van der Waals surface area contributed by atoms with Crippen molar-refractivity contribution in [2.75, 3.05) is 18.2 Å². The van der Waals surface area contributed by atoms with Gasteiger partial charge in [-0.15, -0.1) is 0 Å². The van der Waals surface area contributed by atoms with Crippen LogP contribution in [-0.2, 0) is 4.74 Å². The minimum atomic E-state index is -0.582. The number of carbonyl (C=O) groups excluding carboxylic acids is 1. The molecule has 0 aliphatic carbocycles. The number of amides is 1. The quantitative estimate of drug-likeness (QED) is 0.614. The first-order chi connectivity index (χ1) is 11.1. The number of hydrogen-bond donors (Lipinski definition) is 0. The Morgan fingerprint density at radius 1 is 1.29 bits per heavy atom. The van der Waals surface area contributed by atoms with Gasteiger partial charge >= 0.3 is 6.09 Å². The molecule has 0 radical (unpaired) electrons. The summed E-state index contributed by atoms with van der Waals surface area (Å²) in [6.07, 6.45) is 4.80. The maximum Gasteiger partial charge on any atom is 0.415 e. The van der Waals surface area contributed by atoms with Gasteiger partial charge in [-0.05, 0) is 39.5 Å². The Hall–Kier alpha value is -2.15. The summed E-state index contributed by atoms with van der Waals surface area (Å²) in [5.41, 5.74) is 1.83. The van der Waals surface area contributed by atoms with Crippen molar-refractivity contribution in [2.24, 2.45) is 0 Å². The van der Waals surface area contributed by atoms with E-state index in [0.717, 1.165) is 16.7 Å². The Balaban J connectivity index is 2.58. The molecule has 2 aromatic rings. The highest BCUT2D eigenvalue weighted by Gasteiger charge is 2.23. The van der Waals surface area contributed by atoms with Gasteiger partial charge in [0.1, 0.15) is 11.4 Å². The summed E-state index contributed by atoms with van der Waals surface area (Å²) < 4.78 is 5.41. The monoisotopic (exact) mass is 346 g/mol. The minimum absolute atomic E-state index is 0.455. The minimum Gasteiger partial charge on any atom is -0.443 e. The Kier molecular flexibility index (Phi) is 5.13. The van der Waals surface area contributed by atoms with E-state index in [2.05, 4.69) is 21.5 Å². The predicted octanol–water partition coefficient (Wildman–Crippen LogP) is 4.15. The average Bonchev–Trinajstić information content (AvgIpc) is 2.50. The van der Waals surface area contributed by atoms with Gasteiger partial charge in [0.15, 0.2) is 5.16 Å². The topological polar surface area (TPSA) is 68.2 Å². The molecule has 0 aliphatic rings. The number of allylic oxidation sites excluding steroid dienone is 1. The van der Waals surface area contributed by atoms with Gasteiger partial charge in [-0.1, -0.05) is 18.3 Å². The van der Waals surface area contributed by atoms with Crippen molar-refractivity contribution >= 4 is 40.1 Å². The van der Waals surface area contributed by atoms with Crippen LogP contribution in [0.1, 0.15) is 33.3 Å². The molecule has 128 valence electrons. The zero-order valence-electron chi connectivity index (χ0n) is 14.9. The third-order valence-corrected chi connectivity index (χ3v) is 3.77. The number of carbonyl (C=O) groups is 1. The highest BCUT2D eigenvalue weighted by Crippen LogP contribution is 2.29. The first-order valence-electron chi connectivity index (χ1n) is 7.46. The van der Waals surface area contributed by atoms with Crippen molar-refractivity contribution in [3.05, 3.63) is 24.5 Å². The van der Waals surface area contributed by atoms with Crippen LogP contribution in [-0.4, -0.2) is 39.9 Å².